The van der Waals surface area contributed by atoms with Gasteiger partial charge in [0, 0.05) is 6.54 Å². The van der Waals surface area contributed by atoms with Gasteiger partial charge in [0.2, 0.25) is 0 Å². The average Bonchev–Trinajstić information content (AvgIpc) is 2.35. The minimum absolute atomic E-state index is 0.312. The van der Waals surface area contributed by atoms with Gasteiger partial charge in [-0.05, 0) is 24.1 Å². The van der Waals surface area contributed by atoms with Gasteiger partial charge in [0.15, 0.2) is 0 Å². The van der Waals surface area contributed by atoms with Gasteiger partial charge in [-0.15, -0.1) is 0 Å². The second kappa shape index (κ2) is 6.73. The standard InChI is InChI=1S/C14H21NO3/c1-2-11-3-5-14(6-4-11)18-10-13(16)7-15-12-8-17-9-12/h3-6,12-13,15-16H,2,7-10H2,1H3. The number of benzene rings is 1. The number of nitrogens with one attached hydrogen (secondary N) is 1. The molecule has 0 aromatic heterocycles. The van der Waals surface area contributed by atoms with Crippen LogP contribution in [-0.2, 0) is 11.2 Å². The molecule has 1 aliphatic heterocycles. The quantitative estimate of drug-likeness (QED) is 0.758. The molecule has 4 nitrogen and oxygen atoms in total. The number of aliphatic hydroxyl groups is 1. The van der Waals surface area contributed by atoms with Crippen LogP contribution in [0.25, 0.3) is 0 Å². The molecule has 1 aliphatic rings. The van der Waals surface area contributed by atoms with Crippen molar-refractivity contribution in [3.05, 3.63) is 29.8 Å². The summed E-state index contributed by atoms with van der Waals surface area (Å²) >= 11 is 0. The molecule has 0 aliphatic carbocycles. The van der Waals surface area contributed by atoms with Crippen LogP contribution >= 0.6 is 0 Å². The molecule has 1 atom stereocenters. The van der Waals surface area contributed by atoms with Gasteiger partial charge in [0.05, 0.1) is 19.3 Å². The van der Waals surface area contributed by atoms with Crippen molar-refractivity contribution in [1.29, 1.82) is 0 Å². The van der Waals surface area contributed by atoms with E-state index in [9.17, 15) is 5.11 Å². The summed E-state index contributed by atoms with van der Waals surface area (Å²) in [6.45, 7) is 4.46. The highest BCUT2D eigenvalue weighted by atomic mass is 16.5. The number of rotatable bonds is 7. The van der Waals surface area contributed by atoms with Crippen LogP contribution in [-0.4, -0.2) is 43.6 Å². The van der Waals surface area contributed by atoms with E-state index >= 15 is 0 Å². The Morgan fingerprint density at radius 3 is 2.67 bits per heavy atom. The molecule has 0 amide bonds. The molecule has 0 radical (unpaired) electrons. The third-order valence-electron chi connectivity index (χ3n) is 3.05. The Balaban J connectivity index is 1.65. The highest BCUT2D eigenvalue weighted by Gasteiger charge is 2.18. The van der Waals surface area contributed by atoms with Crippen LogP contribution in [0.1, 0.15) is 12.5 Å². The largest absolute Gasteiger partial charge is 0.491 e. The van der Waals surface area contributed by atoms with Crippen molar-refractivity contribution in [1.82, 2.24) is 5.32 Å². The van der Waals surface area contributed by atoms with Crippen LogP contribution in [0.3, 0.4) is 0 Å². The maximum Gasteiger partial charge on any atom is 0.119 e. The zero-order valence-corrected chi connectivity index (χ0v) is 10.8. The molecule has 1 heterocycles. The van der Waals surface area contributed by atoms with Crippen molar-refractivity contribution < 1.29 is 14.6 Å². The first-order valence-corrected chi connectivity index (χ1v) is 6.49. The predicted molar refractivity (Wildman–Crippen MR) is 69.9 cm³/mol. The number of hydrogen-bond donors (Lipinski definition) is 2. The normalized spacial score (nSPS) is 17.2. The van der Waals surface area contributed by atoms with Crippen molar-refractivity contribution in [3.8, 4) is 5.75 Å². The molecule has 2 N–H and O–H groups in total. The van der Waals surface area contributed by atoms with Crippen molar-refractivity contribution in [2.24, 2.45) is 0 Å². The van der Waals surface area contributed by atoms with Crippen LogP contribution in [0.4, 0.5) is 0 Å². The van der Waals surface area contributed by atoms with Gasteiger partial charge in [-0.3, -0.25) is 0 Å². The molecule has 4 heteroatoms. The highest BCUT2D eigenvalue weighted by molar-refractivity contribution is 5.27. The van der Waals surface area contributed by atoms with Crippen LogP contribution in [0.2, 0.25) is 0 Å². The molecule has 1 aromatic rings. The summed E-state index contributed by atoms with van der Waals surface area (Å²) in [7, 11) is 0. The van der Waals surface area contributed by atoms with E-state index in [1.807, 2.05) is 24.3 Å². The first kappa shape index (κ1) is 13.3. The fourth-order valence-electron chi connectivity index (χ4n) is 1.73. The Morgan fingerprint density at radius 2 is 2.11 bits per heavy atom. The molecule has 1 saturated heterocycles. The average molecular weight is 251 g/mol. The third-order valence-corrected chi connectivity index (χ3v) is 3.05. The molecule has 1 fully saturated rings. The number of aryl methyl sites for hydroxylation is 1. The van der Waals surface area contributed by atoms with Gasteiger partial charge in [-0.2, -0.15) is 0 Å². The number of ether oxygens (including phenoxy) is 2. The van der Waals surface area contributed by atoms with E-state index in [1.54, 1.807) is 0 Å². The Labute approximate surface area is 108 Å². The fourth-order valence-corrected chi connectivity index (χ4v) is 1.73. The zero-order chi connectivity index (χ0) is 12.8. The van der Waals surface area contributed by atoms with E-state index in [0.29, 0.717) is 19.2 Å². The molecule has 100 valence electrons. The smallest absolute Gasteiger partial charge is 0.119 e. The summed E-state index contributed by atoms with van der Waals surface area (Å²) in [5.74, 6) is 0.804. The highest BCUT2D eigenvalue weighted by Crippen LogP contribution is 2.12. The van der Waals surface area contributed by atoms with Crippen LogP contribution in [0.15, 0.2) is 24.3 Å². The summed E-state index contributed by atoms with van der Waals surface area (Å²) in [4.78, 5) is 0. The molecule has 18 heavy (non-hydrogen) atoms. The summed E-state index contributed by atoms with van der Waals surface area (Å²) in [6.07, 6.45) is 0.535. The van der Waals surface area contributed by atoms with E-state index < -0.39 is 6.10 Å². The maximum absolute atomic E-state index is 9.75. The first-order chi connectivity index (χ1) is 8.78. The van der Waals surface area contributed by atoms with Crippen molar-refractivity contribution in [3.63, 3.8) is 0 Å². The van der Waals surface area contributed by atoms with Crippen LogP contribution < -0.4 is 10.1 Å². The Bertz CT molecular complexity index is 349. The number of aliphatic hydroxyl groups excluding tert-OH is 1. The van der Waals surface area contributed by atoms with Crippen molar-refractivity contribution >= 4 is 0 Å². The molecule has 0 bridgehead atoms. The van der Waals surface area contributed by atoms with E-state index in [2.05, 4.69) is 12.2 Å². The topological polar surface area (TPSA) is 50.7 Å². The van der Waals surface area contributed by atoms with E-state index in [-0.39, 0.29) is 0 Å². The fraction of sp³-hybridized carbons (Fsp3) is 0.571. The van der Waals surface area contributed by atoms with Crippen LogP contribution in [0, 0.1) is 0 Å². The molecule has 1 unspecified atom stereocenters. The Kier molecular flexibility index (Phi) is 4.99. The van der Waals surface area contributed by atoms with Crippen molar-refractivity contribution in [2.45, 2.75) is 25.5 Å². The van der Waals surface area contributed by atoms with Gasteiger partial charge in [0.1, 0.15) is 18.5 Å². The van der Waals surface area contributed by atoms with Gasteiger partial charge in [-0.25, -0.2) is 0 Å². The molecule has 2 rings (SSSR count). The van der Waals surface area contributed by atoms with Gasteiger partial charge in [-0.1, -0.05) is 19.1 Å². The molecular formula is C14H21NO3. The minimum atomic E-state index is -0.489. The molecule has 0 saturated carbocycles. The lowest BCUT2D eigenvalue weighted by Crippen LogP contribution is -2.49. The lowest BCUT2D eigenvalue weighted by molar-refractivity contribution is -0.0118. The van der Waals surface area contributed by atoms with E-state index in [0.717, 1.165) is 25.4 Å². The van der Waals surface area contributed by atoms with Gasteiger partial charge in [0.25, 0.3) is 0 Å². The zero-order valence-electron chi connectivity index (χ0n) is 10.8. The summed E-state index contributed by atoms with van der Waals surface area (Å²) in [6, 6.07) is 8.37. The number of hydrogen-bond acceptors (Lipinski definition) is 4. The first-order valence-electron chi connectivity index (χ1n) is 6.49. The second-order valence-electron chi connectivity index (χ2n) is 4.60. The van der Waals surface area contributed by atoms with Gasteiger partial charge < -0.3 is 19.9 Å². The minimum Gasteiger partial charge on any atom is -0.491 e. The van der Waals surface area contributed by atoms with Crippen molar-refractivity contribution in [2.75, 3.05) is 26.4 Å². The lowest BCUT2D eigenvalue weighted by atomic mass is 10.2. The maximum atomic E-state index is 9.75. The monoisotopic (exact) mass is 251 g/mol. The lowest BCUT2D eigenvalue weighted by Gasteiger charge is -2.28. The molecule has 1 aromatic carbocycles. The summed E-state index contributed by atoms with van der Waals surface area (Å²) in [5.41, 5.74) is 1.29. The van der Waals surface area contributed by atoms with Crippen LogP contribution in [0.5, 0.6) is 5.75 Å². The second-order valence-corrected chi connectivity index (χ2v) is 4.60. The SMILES string of the molecule is CCc1ccc(OCC(O)CNC2COC2)cc1. The Morgan fingerprint density at radius 1 is 1.39 bits per heavy atom. The van der Waals surface area contributed by atoms with E-state index in [1.165, 1.54) is 5.56 Å². The molecule has 0 spiro atoms. The van der Waals surface area contributed by atoms with E-state index in [4.69, 9.17) is 9.47 Å². The third kappa shape index (κ3) is 3.98. The summed E-state index contributed by atoms with van der Waals surface area (Å²) < 4.78 is 10.6. The molecular weight excluding hydrogens is 230 g/mol. The Hall–Kier alpha value is -1.10. The van der Waals surface area contributed by atoms with Gasteiger partial charge >= 0.3 is 0 Å². The summed E-state index contributed by atoms with van der Waals surface area (Å²) in [5, 5.41) is 13.0. The predicted octanol–water partition coefficient (Wildman–Crippen LogP) is 0.977.